The van der Waals surface area contributed by atoms with Crippen molar-refractivity contribution in [2.24, 2.45) is 5.73 Å². The molecule has 0 saturated carbocycles. The van der Waals surface area contributed by atoms with E-state index < -0.39 is 29.7 Å². The first kappa shape index (κ1) is 27.3. The third-order valence-corrected chi connectivity index (χ3v) is 4.63. The SMILES string of the molecule is NC(=O)c1cccc(-c2ccc(OCCCCc3cc(F)cc(F)c3)cc2)c1.O=C(O)C(F)(F)F. The molecule has 0 heterocycles. The van der Waals surface area contributed by atoms with Crippen LogP contribution in [-0.4, -0.2) is 29.8 Å². The lowest BCUT2D eigenvalue weighted by Crippen LogP contribution is -2.21. The number of hydrogen-bond donors (Lipinski definition) is 2. The molecule has 0 atom stereocenters. The van der Waals surface area contributed by atoms with Gasteiger partial charge in [-0.05, 0) is 72.4 Å². The molecule has 0 aliphatic rings. The molecule has 0 aromatic heterocycles. The zero-order chi connectivity index (χ0) is 26.0. The van der Waals surface area contributed by atoms with Crippen molar-refractivity contribution in [1.82, 2.24) is 0 Å². The lowest BCUT2D eigenvalue weighted by Gasteiger charge is -2.08. The van der Waals surface area contributed by atoms with E-state index in [9.17, 15) is 26.7 Å². The van der Waals surface area contributed by atoms with Crippen LogP contribution in [0.25, 0.3) is 11.1 Å². The van der Waals surface area contributed by atoms with Gasteiger partial charge in [0.2, 0.25) is 5.91 Å². The lowest BCUT2D eigenvalue weighted by atomic mass is 10.0. The highest BCUT2D eigenvalue weighted by Gasteiger charge is 2.38. The highest BCUT2D eigenvalue weighted by molar-refractivity contribution is 5.94. The molecule has 0 aliphatic carbocycles. The summed E-state index contributed by atoms with van der Waals surface area (Å²) in [5.41, 5.74) is 8.31. The van der Waals surface area contributed by atoms with Crippen molar-refractivity contribution < 1.29 is 41.4 Å². The summed E-state index contributed by atoms with van der Waals surface area (Å²) in [7, 11) is 0. The number of ether oxygens (including phenoxy) is 1. The smallest absolute Gasteiger partial charge is 0.490 e. The number of alkyl halides is 3. The summed E-state index contributed by atoms with van der Waals surface area (Å²) in [6.07, 6.45) is -2.92. The number of rotatable bonds is 8. The Balaban J connectivity index is 0.000000540. The Labute approximate surface area is 198 Å². The molecule has 5 nitrogen and oxygen atoms in total. The zero-order valence-electron chi connectivity index (χ0n) is 18.3. The summed E-state index contributed by atoms with van der Waals surface area (Å²) in [5, 5.41) is 7.12. The van der Waals surface area contributed by atoms with E-state index >= 15 is 0 Å². The second-order valence-electron chi connectivity index (χ2n) is 7.36. The summed E-state index contributed by atoms with van der Waals surface area (Å²) >= 11 is 0. The molecule has 0 saturated heterocycles. The molecule has 0 spiro atoms. The summed E-state index contributed by atoms with van der Waals surface area (Å²) < 4.78 is 63.8. The Kier molecular flexibility index (Phi) is 9.74. The largest absolute Gasteiger partial charge is 0.494 e. The third kappa shape index (κ3) is 9.44. The van der Waals surface area contributed by atoms with Crippen LogP contribution in [-0.2, 0) is 11.2 Å². The Morgan fingerprint density at radius 2 is 1.46 bits per heavy atom. The molecule has 0 bridgehead atoms. The summed E-state index contributed by atoms with van der Waals surface area (Å²) in [4.78, 5) is 20.2. The van der Waals surface area contributed by atoms with Gasteiger partial charge in [-0.3, -0.25) is 4.79 Å². The van der Waals surface area contributed by atoms with E-state index in [0.29, 0.717) is 24.2 Å². The Morgan fingerprint density at radius 3 is 2.00 bits per heavy atom. The van der Waals surface area contributed by atoms with Gasteiger partial charge in [0.1, 0.15) is 17.4 Å². The van der Waals surface area contributed by atoms with E-state index in [0.717, 1.165) is 35.8 Å². The quantitative estimate of drug-likeness (QED) is 0.307. The molecule has 3 N–H and O–H groups in total. The van der Waals surface area contributed by atoms with Crippen molar-refractivity contribution in [3.05, 3.63) is 89.5 Å². The molecule has 10 heteroatoms. The maximum Gasteiger partial charge on any atom is 0.490 e. The van der Waals surface area contributed by atoms with Crippen LogP contribution >= 0.6 is 0 Å². The number of aliphatic carboxylic acids is 1. The molecule has 186 valence electrons. The molecule has 3 aromatic carbocycles. The van der Waals surface area contributed by atoms with E-state index in [1.807, 2.05) is 30.3 Å². The minimum Gasteiger partial charge on any atom is -0.494 e. The Morgan fingerprint density at radius 1 is 0.857 bits per heavy atom. The molecule has 0 radical (unpaired) electrons. The highest BCUT2D eigenvalue weighted by Crippen LogP contribution is 2.23. The van der Waals surface area contributed by atoms with Gasteiger partial charge in [-0.15, -0.1) is 0 Å². The molecule has 35 heavy (non-hydrogen) atoms. The van der Waals surface area contributed by atoms with Crippen LogP contribution < -0.4 is 10.5 Å². The number of amides is 1. The second kappa shape index (κ2) is 12.5. The second-order valence-corrected chi connectivity index (χ2v) is 7.36. The molecule has 1 amide bonds. The van der Waals surface area contributed by atoms with Gasteiger partial charge in [-0.2, -0.15) is 13.2 Å². The fourth-order valence-electron chi connectivity index (χ4n) is 2.97. The van der Waals surface area contributed by atoms with E-state index in [1.54, 1.807) is 18.2 Å². The molecule has 0 fully saturated rings. The topological polar surface area (TPSA) is 89.6 Å². The zero-order valence-corrected chi connectivity index (χ0v) is 18.3. The average Bonchev–Trinajstić information content (AvgIpc) is 2.78. The van der Waals surface area contributed by atoms with Crippen molar-refractivity contribution in [2.75, 3.05) is 6.61 Å². The first-order valence-corrected chi connectivity index (χ1v) is 10.3. The fourth-order valence-corrected chi connectivity index (χ4v) is 2.97. The van der Waals surface area contributed by atoms with Crippen LogP contribution in [0.1, 0.15) is 28.8 Å². The minimum atomic E-state index is -5.08. The van der Waals surface area contributed by atoms with Crippen LogP contribution in [0.3, 0.4) is 0 Å². The third-order valence-electron chi connectivity index (χ3n) is 4.63. The number of primary amides is 1. The number of carboxylic acid groups (broad SMARTS) is 1. The maximum atomic E-state index is 13.2. The average molecular weight is 495 g/mol. The first-order chi connectivity index (χ1) is 16.5. The first-order valence-electron chi connectivity index (χ1n) is 10.3. The van der Waals surface area contributed by atoms with Gasteiger partial charge in [0.25, 0.3) is 0 Å². The van der Waals surface area contributed by atoms with Crippen molar-refractivity contribution in [1.29, 1.82) is 0 Å². The van der Waals surface area contributed by atoms with Crippen molar-refractivity contribution in [2.45, 2.75) is 25.4 Å². The highest BCUT2D eigenvalue weighted by atomic mass is 19.4. The number of carbonyl (C=O) groups is 2. The van der Waals surface area contributed by atoms with E-state index in [-0.39, 0.29) is 0 Å². The number of aryl methyl sites for hydroxylation is 1. The van der Waals surface area contributed by atoms with Crippen LogP contribution in [0.4, 0.5) is 22.0 Å². The monoisotopic (exact) mass is 495 g/mol. The van der Waals surface area contributed by atoms with Gasteiger partial charge in [0.15, 0.2) is 0 Å². The Bertz CT molecular complexity index is 1130. The van der Waals surface area contributed by atoms with Gasteiger partial charge < -0.3 is 15.6 Å². The number of nitrogens with two attached hydrogens (primary N) is 1. The standard InChI is InChI=1S/C23H21F2NO2.C2HF3O2/c24-20-12-16(13-21(25)15-20)4-1-2-11-28-22-9-7-17(8-10-22)18-5-3-6-19(14-18)23(26)27;3-2(4,5)1(6)7/h3,5-10,12-15H,1-2,4,11H2,(H2,26,27);(H,6,7). The molecule has 3 rings (SSSR count). The van der Waals surface area contributed by atoms with Gasteiger partial charge in [0, 0.05) is 11.6 Å². The van der Waals surface area contributed by atoms with Crippen molar-refractivity contribution >= 4 is 11.9 Å². The summed E-state index contributed by atoms with van der Waals surface area (Å²) in [6.45, 7) is 0.522. The molecule has 0 unspecified atom stereocenters. The Hall–Kier alpha value is -3.95. The molecular weight excluding hydrogens is 473 g/mol. The van der Waals surface area contributed by atoms with Crippen molar-refractivity contribution in [3.8, 4) is 16.9 Å². The number of carboxylic acids is 1. The van der Waals surface area contributed by atoms with E-state index in [4.69, 9.17) is 20.4 Å². The van der Waals surface area contributed by atoms with Crippen LogP contribution in [0.15, 0.2) is 66.7 Å². The molecule has 3 aromatic rings. The number of carbonyl (C=O) groups excluding carboxylic acids is 1. The van der Waals surface area contributed by atoms with Gasteiger partial charge in [-0.1, -0.05) is 24.3 Å². The van der Waals surface area contributed by atoms with Crippen molar-refractivity contribution in [3.63, 3.8) is 0 Å². The predicted molar refractivity (Wildman–Crippen MR) is 119 cm³/mol. The normalized spacial score (nSPS) is 10.8. The minimum absolute atomic E-state index is 0.456. The number of halogens is 5. The lowest BCUT2D eigenvalue weighted by molar-refractivity contribution is -0.192. The fraction of sp³-hybridized carbons (Fsp3) is 0.200. The van der Waals surface area contributed by atoms with E-state index in [1.165, 1.54) is 12.1 Å². The van der Waals surface area contributed by atoms with Gasteiger partial charge >= 0.3 is 12.1 Å². The maximum absolute atomic E-state index is 13.2. The van der Waals surface area contributed by atoms with Gasteiger partial charge in [-0.25, -0.2) is 13.6 Å². The number of unbranched alkanes of at least 4 members (excludes halogenated alkanes) is 1. The van der Waals surface area contributed by atoms with Gasteiger partial charge in [0.05, 0.1) is 6.61 Å². The number of hydrogen-bond acceptors (Lipinski definition) is 3. The predicted octanol–water partition coefficient (Wildman–Crippen LogP) is 5.77. The molecular formula is C25H22F5NO4. The number of benzene rings is 3. The van der Waals surface area contributed by atoms with Crippen LogP contribution in [0.2, 0.25) is 0 Å². The van der Waals surface area contributed by atoms with E-state index in [2.05, 4.69) is 0 Å². The summed E-state index contributed by atoms with van der Waals surface area (Å²) in [5.74, 6) is -3.57. The van der Waals surface area contributed by atoms with Crippen LogP contribution in [0.5, 0.6) is 5.75 Å². The van der Waals surface area contributed by atoms with Crippen LogP contribution in [0, 0.1) is 11.6 Å². The summed E-state index contributed by atoms with van der Waals surface area (Å²) in [6, 6.07) is 18.3. The molecule has 0 aliphatic heterocycles.